The van der Waals surface area contributed by atoms with Gasteiger partial charge < -0.3 is 14.8 Å². The van der Waals surface area contributed by atoms with Crippen molar-refractivity contribution >= 4 is 33.8 Å². The zero-order chi connectivity index (χ0) is 31.1. The minimum absolute atomic E-state index is 0.115. The van der Waals surface area contributed by atoms with Gasteiger partial charge >= 0.3 is 5.97 Å². The minimum Gasteiger partial charge on any atom is -0.493 e. The summed E-state index contributed by atoms with van der Waals surface area (Å²) < 4.78 is 11.5. The van der Waals surface area contributed by atoms with Crippen LogP contribution in [-0.2, 0) is 9.59 Å². The standard InChI is InChI=1S/C39H49NO4/c1-5-6-7-8-9-10-11-12-13-14-19-35(42)44-33-23-21-28(24-34(33)43-4)38-37-30(25-39(2,3)26-32(37)41)36-29-18-16-15-17-27(29)20-22-31(36)40-38/h15-18,20-24,38,40H,5-14,19,25-26H2,1-4H3. The van der Waals surface area contributed by atoms with E-state index >= 15 is 0 Å². The van der Waals surface area contributed by atoms with E-state index in [9.17, 15) is 9.59 Å². The summed E-state index contributed by atoms with van der Waals surface area (Å²) in [5.74, 6) is 0.858. The Hall–Kier alpha value is -3.60. The number of anilines is 1. The predicted octanol–water partition coefficient (Wildman–Crippen LogP) is 10.4. The van der Waals surface area contributed by atoms with Crippen LogP contribution in [0.15, 0.2) is 60.2 Å². The zero-order valence-electron chi connectivity index (χ0n) is 27.1. The van der Waals surface area contributed by atoms with Crippen LogP contribution in [0.25, 0.3) is 16.3 Å². The fraction of sp³-hybridized carbons (Fsp3) is 0.487. The van der Waals surface area contributed by atoms with Crippen LogP contribution in [0.1, 0.15) is 121 Å². The molecule has 1 N–H and O–H groups in total. The summed E-state index contributed by atoms with van der Waals surface area (Å²) in [5.41, 5.74) is 4.93. The highest BCUT2D eigenvalue weighted by atomic mass is 16.6. The Kier molecular flexibility index (Phi) is 10.5. The lowest BCUT2D eigenvalue weighted by molar-refractivity contribution is -0.134. The summed E-state index contributed by atoms with van der Waals surface area (Å²) in [5, 5.41) is 6.02. The Morgan fingerprint density at radius 1 is 0.864 bits per heavy atom. The third-order valence-corrected chi connectivity index (χ3v) is 9.22. The second kappa shape index (κ2) is 14.5. The highest BCUT2D eigenvalue weighted by Crippen LogP contribution is 2.52. The molecule has 3 aromatic carbocycles. The van der Waals surface area contributed by atoms with Gasteiger partial charge in [0, 0.05) is 29.7 Å². The van der Waals surface area contributed by atoms with Gasteiger partial charge in [0.25, 0.3) is 0 Å². The average Bonchev–Trinajstić information content (AvgIpc) is 3.00. The molecular weight excluding hydrogens is 546 g/mol. The van der Waals surface area contributed by atoms with E-state index in [1.165, 1.54) is 56.8 Å². The first-order chi connectivity index (χ1) is 21.3. The van der Waals surface area contributed by atoms with E-state index in [2.05, 4.69) is 62.5 Å². The molecule has 0 spiro atoms. The van der Waals surface area contributed by atoms with Crippen LogP contribution in [0.5, 0.6) is 11.5 Å². The van der Waals surface area contributed by atoms with Crippen molar-refractivity contribution in [1.29, 1.82) is 0 Å². The molecule has 0 radical (unpaired) electrons. The Morgan fingerprint density at radius 2 is 1.57 bits per heavy atom. The molecule has 234 valence electrons. The molecule has 0 saturated carbocycles. The number of unbranched alkanes of at least 4 members (excludes halogenated alkanes) is 9. The zero-order valence-corrected chi connectivity index (χ0v) is 27.1. The van der Waals surface area contributed by atoms with E-state index in [4.69, 9.17) is 9.47 Å². The molecule has 1 heterocycles. The van der Waals surface area contributed by atoms with Gasteiger partial charge in [0.2, 0.25) is 0 Å². The van der Waals surface area contributed by atoms with Gasteiger partial charge in [0.15, 0.2) is 17.3 Å². The number of carbonyl (C=O) groups is 2. The van der Waals surface area contributed by atoms with Crippen LogP contribution in [0.3, 0.4) is 0 Å². The molecule has 1 atom stereocenters. The van der Waals surface area contributed by atoms with Gasteiger partial charge in [-0.2, -0.15) is 0 Å². The van der Waals surface area contributed by atoms with E-state index in [-0.39, 0.29) is 23.2 Å². The topological polar surface area (TPSA) is 64.6 Å². The number of ketones is 1. The number of hydrogen-bond donors (Lipinski definition) is 1. The van der Waals surface area contributed by atoms with Gasteiger partial charge in [-0.3, -0.25) is 9.59 Å². The Labute approximate surface area is 263 Å². The van der Waals surface area contributed by atoms with Gasteiger partial charge in [-0.1, -0.05) is 115 Å². The van der Waals surface area contributed by atoms with Crippen LogP contribution in [0, 0.1) is 5.41 Å². The molecule has 2 aliphatic rings. The maximum absolute atomic E-state index is 13.8. The Balaban J connectivity index is 1.28. The quantitative estimate of drug-likeness (QED) is 0.114. The molecule has 1 aliphatic heterocycles. The maximum atomic E-state index is 13.8. The van der Waals surface area contributed by atoms with Crippen molar-refractivity contribution in [3.05, 3.63) is 71.3 Å². The lowest BCUT2D eigenvalue weighted by Crippen LogP contribution is -2.33. The lowest BCUT2D eigenvalue weighted by atomic mass is 9.68. The van der Waals surface area contributed by atoms with Crippen molar-refractivity contribution in [1.82, 2.24) is 0 Å². The van der Waals surface area contributed by atoms with Crippen LogP contribution >= 0.6 is 0 Å². The second-order valence-corrected chi connectivity index (χ2v) is 13.4. The molecule has 5 heteroatoms. The molecule has 5 nitrogen and oxygen atoms in total. The van der Waals surface area contributed by atoms with Gasteiger partial charge in [-0.05, 0) is 58.4 Å². The molecular formula is C39H49NO4. The monoisotopic (exact) mass is 595 g/mol. The highest BCUT2D eigenvalue weighted by molar-refractivity contribution is 6.12. The average molecular weight is 596 g/mol. The number of carbonyl (C=O) groups excluding carboxylic acids is 2. The summed E-state index contributed by atoms with van der Waals surface area (Å²) in [6, 6.07) is 18.0. The molecule has 0 saturated heterocycles. The molecule has 3 aromatic rings. The summed E-state index contributed by atoms with van der Waals surface area (Å²) in [6.45, 7) is 6.61. The van der Waals surface area contributed by atoms with Crippen LogP contribution in [-0.4, -0.2) is 18.9 Å². The van der Waals surface area contributed by atoms with Crippen molar-refractivity contribution in [3.8, 4) is 11.5 Å². The number of fused-ring (bicyclic) bond motifs is 4. The van der Waals surface area contributed by atoms with Crippen LogP contribution < -0.4 is 14.8 Å². The number of benzene rings is 3. The van der Waals surface area contributed by atoms with Crippen molar-refractivity contribution in [2.45, 2.75) is 110 Å². The largest absolute Gasteiger partial charge is 0.493 e. The Bertz CT molecular complexity index is 1520. The van der Waals surface area contributed by atoms with E-state index < -0.39 is 0 Å². The minimum atomic E-state index is -0.312. The summed E-state index contributed by atoms with van der Waals surface area (Å²) in [7, 11) is 1.59. The van der Waals surface area contributed by atoms with Crippen LogP contribution in [0.4, 0.5) is 5.69 Å². The number of rotatable bonds is 14. The number of esters is 1. The van der Waals surface area contributed by atoms with Gasteiger partial charge in [-0.25, -0.2) is 0 Å². The van der Waals surface area contributed by atoms with Gasteiger partial charge in [0.05, 0.1) is 13.2 Å². The second-order valence-electron chi connectivity index (χ2n) is 13.4. The van der Waals surface area contributed by atoms with Crippen molar-refractivity contribution in [3.63, 3.8) is 0 Å². The molecule has 0 amide bonds. The highest BCUT2D eigenvalue weighted by Gasteiger charge is 2.41. The van der Waals surface area contributed by atoms with Crippen LogP contribution in [0.2, 0.25) is 0 Å². The summed E-state index contributed by atoms with van der Waals surface area (Å²) in [6.07, 6.45) is 14.0. The predicted molar refractivity (Wildman–Crippen MR) is 180 cm³/mol. The number of methoxy groups -OCH3 is 1. The lowest BCUT2D eigenvalue weighted by Gasteiger charge is -2.40. The number of nitrogens with one attached hydrogen (secondary N) is 1. The first kappa shape index (κ1) is 31.8. The van der Waals surface area contributed by atoms with E-state index in [1.54, 1.807) is 13.2 Å². The SMILES string of the molecule is CCCCCCCCCCCCC(=O)Oc1ccc(C2Nc3ccc4ccccc4c3C3=C2C(=O)CC(C)(C)C3)cc1OC. The molecule has 1 aliphatic carbocycles. The molecule has 44 heavy (non-hydrogen) atoms. The van der Waals surface area contributed by atoms with Gasteiger partial charge in [-0.15, -0.1) is 0 Å². The number of Topliss-reactive ketones (excluding diaryl/α,β-unsaturated/α-hetero) is 1. The number of ether oxygens (including phenoxy) is 2. The fourth-order valence-electron chi connectivity index (χ4n) is 6.97. The molecule has 0 bridgehead atoms. The van der Waals surface area contributed by atoms with E-state index in [0.29, 0.717) is 24.3 Å². The fourth-order valence-corrected chi connectivity index (χ4v) is 6.97. The normalized spacial score (nSPS) is 17.2. The van der Waals surface area contributed by atoms with Gasteiger partial charge in [0.1, 0.15) is 0 Å². The van der Waals surface area contributed by atoms with Crippen molar-refractivity contribution in [2.75, 3.05) is 12.4 Å². The first-order valence-electron chi connectivity index (χ1n) is 16.7. The first-order valence-corrected chi connectivity index (χ1v) is 16.7. The van der Waals surface area contributed by atoms with Crippen molar-refractivity contribution in [2.24, 2.45) is 5.41 Å². The van der Waals surface area contributed by atoms with E-state index in [1.807, 2.05) is 12.1 Å². The Morgan fingerprint density at radius 3 is 2.30 bits per heavy atom. The molecule has 0 aromatic heterocycles. The van der Waals surface area contributed by atoms with Crippen molar-refractivity contribution < 1.29 is 19.1 Å². The molecule has 0 fully saturated rings. The number of allylic oxidation sites excluding steroid dienone is 1. The van der Waals surface area contributed by atoms with E-state index in [0.717, 1.165) is 52.6 Å². The maximum Gasteiger partial charge on any atom is 0.311 e. The molecule has 1 unspecified atom stereocenters. The summed E-state index contributed by atoms with van der Waals surface area (Å²) in [4.78, 5) is 26.5. The molecule has 5 rings (SSSR count). The number of hydrogen-bond acceptors (Lipinski definition) is 5. The third kappa shape index (κ3) is 7.36. The smallest absolute Gasteiger partial charge is 0.311 e. The third-order valence-electron chi connectivity index (χ3n) is 9.22. The summed E-state index contributed by atoms with van der Waals surface area (Å²) >= 11 is 0.